The van der Waals surface area contributed by atoms with E-state index in [1.807, 2.05) is 6.92 Å². The van der Waals surface area contributed by atoms with Crippen LogP contribution in [-0.4, -0.2) is 29.3 Å². The maximum absolute atomic E-state index is 14.3. The standard InChI is InChI=1S/C18H23FN2O2/c1-2-21-16(22)11-10-14(18(23)20-12-6-5-7-12)17(21)13-8-3-4-9-15(13)19/h3-4,8-9,12,14,17H,2,5-7,10-11H2,1H3,(H,20,23)/t14-,17+/m1/s1. The van der Waals surface area contributed by atoms with Crippen molar-refractivity contribution in [3.05, 3.63) is 35.6 Å². The Morgan fingerprint density at radius 2 is 2.04 bits per heavy atom. The van der Waals surface area contributed by atoms with Crippen LogP contribution in [0.2, 0.25) is 0 Å². The minimum atomic E-state index is -0.512. The Labute approximate surface area is 136 Å². The van der Waals surface area contributed by atoms with Crippen molar-refractivity contribution in [2.45, 2.75) is 51.1 Å². The van der Waals surface area contributed by atoms with E-state index in [9.17, 15) is 14.0 Å². The molecule has 5 heteroatoms. The van der Waals surface area contributed by atoms with E-state index < -0.39 is 6.04 Å². The van der Waals surface area contributed by atoms with Gasteiger partial charge in [0.2, 0.25) is 11.8 Å². The summed E-state index contributed by atoms with van der Waals surface area (Å²) in [5.74, 6) is -0.792. The Balaban J connectivity index is 1.90. The van der Waals surface area contributed by atoms with Gasteiger partial charge in [-0.05, 0) is 38.7 Å². The van der Waals surface area contributed by atoms with Crippen molar-refractivity contribution in [2.24, 2.45) is 5.92 Å². The van der Waals surface area contributed by atoms with Gasteiger partial charge in [0.25, 0.3) is 0 Å². The molecule has 2 amide bonds. The van der Waals surface area contributed by atoms with Gasteiger partial charge in [-0.1, -0.05) is 18.2 Å². The lowest BCUT2D eigenvalue weighted by Gasteiger charge is -2.41. The van der Waals surface area contributed by atoms with E-state index >= 15 is 0 Å². The molecule has 1 aliphatic heterocycles. The van der Waals surface area contributed by atoms with Crippen molar-refractivity contribution in [3.63, 3.8) is 0 Å². The van der Waals surface area contributed by atoms with Crippen LogP contribution in [-0.2, 0) is 9.59 Å². The lowest BCUT2D eigenvalue weighted by Crippen LogP contribution is -2.50. The molecular formula is C18H23FN2O2. The van der Waals surface area contributed by atoms with Crippen molar-refractivity contribution >= 4 is 11.8 Å². The van der Waals surface area contributed by atoms with E-state index in [2.05, 4.69) is 5.32 Å². The van der Waals surface area contributed by atoms with Gasteiger partial charge < -0.3 is 10.2 Å². The maximum atomic E-state index is 14.3. The fourth-order valence-corrected chi connectivity index (χ4v) is 3.56. The first-order chi connectivity index (χ1) is 11.1. The van der Waals surface area contributed by atoms with Crippen LogP contribution >= 0.6 is 0 Å². The SMILES string of the molecule is CCN1C(=O)CC[C@@H](C(=O)NC2CCC2)[C@@H]1c1ccccc1F. The zero-order valence-electron chi connectivity index (χ0n) is 13.4. The molecule has 2 atom stereocenters. The number of hydrogen-bond acceptors (Lipinski definition) is 2. The van der Waals surface area contributed by atoms with Gasteiger partial charge in [0.1, 0.15) is 5.82 Å². The summed E-state index contributed by atoms with van der Waals surface area (Å²) in [6.45, 7) is 2.35. The van der Waals surface area contributed by atoms with E-state index in [4.69, 9.17) is 0 Å². The van der Waals surface area contributed by atoms with Crippen LogP contribution in [0.15, 0.2) is 24.3 Å². The minimum Gasteiger partial charge on any atom is -0.353 e. The first kappa shape index (κ1) is 16.0. The Hall–Kier alpha value is -1.91. The van der Waals surface area contributed by atoms with Gasteiger partial charge >= 0.3 is 0 Å². The quantitative estimate of drug-likeness (QED) is 0.928. The second-order valence-corrected chi connectivity index (χ2v) is 6.43. The number of likely N-dealkylation sites (tertiary alicyclic amines) is 1. The number of carbonyl (C=O) groups excluding carboxylic acids is 2. The molecular weight excluding hydrogens is 295 g/mol. The summed E-state index contributed by atoms with van der Waals surface area (Å²) in [5, 5.41) is 3.07. The highest BCUT2D eigenvalue weighted by Gasteiger charge is 2.41. The van der Waals surface area contributed by atoms with Gasteiger partial charge in [0.15, 0.2) is 0 Å². The Kier molecular flexibility index (Phi) is 4.64. The largest absolute Gasteiger partial charge is 0.353 e. The molecule has 1 saturated carbocycles. The number of amides is 2. The fourth-order valence-electron chi connectivity index (χ4n) is 3.56. The van der Waals surface area contributed by atoms with E-state index in [0.717, 1.165) is 19.3 Å². The van der Waals surface area contributed by atoms with Crippen molar-refractivity contribution < 1.29 is 14.0 Å². The molecule has 0 spiro atoms. The topological polar surface area (TPSA) is 49.4 Å². The Morgan fingerprint density at radius 1 is 1.30 bits per heavy atom. The number of nitrogens with zero attached hydrogens (tertiary/aromatic N) is 1. The number of hydrogen-bond donors (Lipinski definition) is 1. The van der Waals surface area contributed by atoms with Crippen LogP contribution in [0, 0.1) is 11.7 Å². The van der Waals surface area contributed by atoms with Crippen LogP contribution in [0.4, 0.5) is 4.39 Å². The minimum absolute atomic E-state index is 0.00607. The summed E-state index contributed by atoms with van der Waals surface area (Å²) < 4.78 is 14.3. The van der Waals surface area contributed by atoms with Gasteiger partial charge in [0.05, 0.1) is 12.0 Å². The summed E-state index contributed by atoms with van der Waals surface area (Å²) in [7, 11) is 0. The average Bonchev–Trinajstić information content (AvgIpc) is 2.51. The van der Waals surface area contributed by atoms with Crippen LogP contribution in [0.5, 0.6) is 0 Å². The molecule has 3 rings (SSSR count). The zero-order valence-corrected chi connectivity index (χ0v) is 13.4. The Morgan fingerprint density at radius 3 is 2.65 bits per heavy atom. The number of benzene rings is 1. The number of nitrogens with one attached hydrogen (secondary N) is 1. The third-order valence-corrected chi connectivity index (χ3v) is 5.06. The van der Waals surface area contributed by atoms with Crippen LogP contribution in [0.1, 0.15) is 50.6 Å². The predicted octanol–water partition coefficient (Wildman–Crippen LogP) is 2.79. The molecule has 0 bridgehead atoms. The first-order valence-electron chi connectivity index (χ1n) is 8.46. The maximum Gasteiger partial charge on any atom is 0.225 e. The van der Waals surface area contributed by atoms with Crippen LogP contribution < -0.4 is 5.32 Å². The van der Waals surface area contributed by atoms with Crippen LogP contribution in [0.25, 0.3) is 0 Å². The lowest BCUT2D eigenvalue weighted by molar-refractivity contribution is -0.143. The molecule has 124 valence electrons. The molecule has 0 unspecified atom stereocenters. The second-order valence-electron chi connectivity index (χ2n) is 6.43. The molecule has 0 radical (unpaired) electrons. The Bertz CT molecular complexity index is 600. The summed E-state index contributed by atoms with van der Waals surface area (Å²) in [4.78, 5) is 26.6. The van der Waals surface area contributed by atoms with Gasteiger partial charge in [-0.2, -0.15) is 0 Å². The van der Waals surface area contributed by atoms with E-state index in [1.165, 1.54) is 6.07 Å². The van der Waals surface area contributed by atoms with Crippen molar-refractivity contribution in [1.82, 2.24) is 10.2 Å². The monoisotopic (exact) mass is 318 g/mol. The van der Waals surface area contributed by atoms with Gasteiger partial charge in [0, 0.05) is 24.6 Å². The second kappa shape index (κ2) is 6.69. The highest BCUT2D eigenvalue weighted by molar-refractivity contribution is 5.85. The highest BCUT2D eigenvalue weighted by atomic mass is 19.1. The summed E-state index contributed by atoms with van der Waals surface area (Å²) in [5.41, 5.74) is 0.441. The summed E-state index contributed by atoms with van der Waals surface area (Å²) >= 11 is 0. The van der Waals surface area contributed by atoms with E-state index in [0.29, 0.717) is 24.9 Å². The smallest absolute Gasteiger partial charge is 0.225 e. The van der Waals surface area contributed by atoms with Gasteiger partial charge in [-0.15, -0.1) is 0 Å². The van der Waals surface area contributed by atoms with Crippen molar-refractivity contribution in [1.29, 1.82) is 0 Å². The molecule has 1 aliphatic carbocycles. The third kappa shape index (κ3) is 3.09. The van der Waals surface area contributed by atoms with Crippen LogP contribution in [0.3, 0.4) is 0 Å². The molecule has 2 aliphatic rings. The predicted molar refractivity (Wildman–Crippen MR) is 85.0 cm³/mol. The van der Waals surface area contributed by atoms with E-state index in [-0.39, 0.29) is 29.6 Å². The third-order valence-electron chi connectivity index (χ3n) is 5.06. The van der Waals surface area contributed by atoms with Gasteiger partial charge in [-0.25, -0.2) is 4.39 Å². The van der Waals surface area contributed by atoms with E-state index in [1.54, 1.807) is 23.1 Å². The number of halogens is 1. The average molecular weight is 318 g/mol. The lowest BCUT2D eigenvalue weighted by atomic mass is 9.82. The van der Waals surface area contributed by atoms with Crippen molar-refractivity contribution in [3.8, 4) is 0 Å². The molecule has 1 aromatic rings. The first-order valence-corrected chi connectivity index (χ1v) is 8.46. The molecule has 0 aromatic heterocycles. The summed E-state index contributed by atoms with van der Waals surface area (Å²) in [6.07, 6.45) is 4.00. The molecule has 1 N–H and O–H groups in total. The molecule has 1 aromatic carbocycles. The van der Waals surface area contributed by atoms with Crippen molar-refractivity contribution in [2.75, 3.05) is 6.54 Å². The summed E-state index contributed by atoms with van der Waals surface area (Å²) in [6, 6.07) is 6.20. The zero-order chi connectivity index (χ0) is 16.4. The molecule has 2 fully saturated rings. The molecule has 23 heavy (non-hydrogen) atoms. The molecule has 1 saturated heterocycles. The molecule has 4 nitrogen and oxygen atoms in total. The highest BCUT2D eigenvalue weighted by Crippen LogP contribution is 2.38. The molecule has 1 heterocycles. The fraction of sp³-hybridized carbons (Fsp3) is 0.556. The normalized spacial score (nSPS) is 25.1. The van der Waals surface area contributed by atoms with Gasteiger partial charge in [-0.3, -0.25) is 9.59 Å². The number of rotatable bonds is 4. The number of piperidine rings is 1. The number of carbonyl (C=O) groups is 2.